The zero-order chi connectivity index (χ0) is 11.5. The summed E-state index contributed by atoms with van der Waals surface area (Å²) in [6.45, 7) is 1.91. The van der Waals surface area contributed by atoms with E-state index in [9.17, 15) is 9.59 Å². The van der Waals surface area contributed by atoms with Crippen LogP contribution in [0.5, 0.6) is 0 Å². The molecule has 0 saturated carbocycles. The van der Waals surface area contributed by atoms with E-state index in [-0.39, 0.29) is 17.9 Å². The fourth-order valence-electron chi connectivity index (χ4n) is 2.00. The Morgan fingerprint density at radius 1 is 1.44 bits per heavy atom. The van der Waals surface area contributed by atoms with Gasteiger partial charge in [-0.15, -0.1) is 0 Å². The normalized spacial score (nSPS) is 22.6. The minimum atomic E-state index is -0.0699. The van der Waals surface area contributed by atoms with Gasteiger partial charge in [0.05, 0.1) is 12.1 Å². The van der Waals surface area contributed by atoms with E-state index in [0.717, 1.165) is 5.70 Å². The first-order chi connectivity index (χ1) is 7.68. The molecular formula is C10H15N3O2S. The molecule has 0 radical (unpaired) electrons. The zero-order valence-corrected chi connectivity index (χ0v) is 9.97. The van der Waals surface area contributed by atoms with Crippen molar-refractivity contribution in [2.45, 2.75) is 38.6 Å². The van der Waals surface area contributed by atoms with Crippen LogP contribution < -0.4 is 9.44 Å². The Kier molecular flexibility index (Phi) is 3.38. The molecule has 1 unspecified atom stereocenters. The minimum Gasteiger partial charge on any atom is -0.317 e. The fraction of sp³-hybridized carbons (Fsp3) is 0.600. The van der Waals surface area contributed by atoms with Gasteiger partial charge in [0, 0.05) is 37.2 Å². The van der Waals surface area contributed by atoms with E-state index in [1.807, 2.05) is 13.1 Å². The largest absolute Gasteiger partial charge is 0.317 e. The van der Waals surface area contributed by atoms with E-state index in [1.165, 1.54) is 17.0 Å². The Morgan fingerprint density at radius 3 is 2.69 bits per heavy atom. The number of piperidine rings is 1. The standard InChI is InChI=1S/C10H15N3O2S/c1-7(5-8-6-11-16-12-8)13-9(14)3-2-4-10(13)15/h6-7,11-12H,2-5H2,1H3. The summed E-state index contributed by atoms with van der Waals surface area (Å²) < 4.78 is 6.03. The molecule has 16 heavy (non-hydrogen) atoms. The molecule has 2 amide bonds. The van der Waals surface area contributed by atoms with E-state index in [1.54, 1.807) is 0 Å². The molecule has 0 aromatic heterocycles. The summed E-state index contributed by atoms with van der Waals surface area (Å²) in [5.41, 5.74) is 1.02. The lowest BCUT2D eigenvalue weighted by Crippen LogP contribution is -2.46. The Labute approximate surface area is 98.9 Å². The lowest BCUT2D eigenvalue weighted by Gasteiger charge is -2.30. The minimum absolute atomic E-state index is 0.0389. The number of rotatable bonds is 3. The van der Waals surface area contributed by atoms with Gasteiger partial charge in [-0.1, -0.05) is 0 Å². The van der Waals surface area contributed by atoms with Crippen molar-refractivity contribution in [3.63, 3.8) is 0 Å². The van der Waals surface area contributed by atoms with Gasteiger partial charge in [0.25, 0.3) is 0 Å². The summed E-state index contributed by atoms with van der Waals surface area (Å²) in [4.78, 5) is 24.7. The Morgan fingerprint density at radius 2 is 2.12 bits per heavy atom. The lowest BCUT2D eigenvalue weighted by atomic mass is 10.0. The maximum atomic E-state index is 11.7. The first-order valence-electron chi connectivity index (χ1n) is 5.40. The van der Waals surface area contributed by atoms with Crippen LogP contribution in [0.25, 0.3) is 0 Å². The Balaban J connectivity index is 1.98. The predicted octanol–water partition coefficient (Wildman–Crippen LogP) is 0.902. The summed E-state index contributed by atoms with van der Waals surface area (Å²) in [5.74, 6) is -0.0779. The van der Waals surface area contributed by atoms with Crippen molar-refractivity contribution >= 4 is 23.9 Å². The number of amides is 2. The van der Waals surface area contributed by atoms with Crippen LogP contribution in [-0.4, -0.2) is 22.8 Å². The molecule has 2 rings (SSSR count). The van der Waals surface area contributed by atoms with Crippen molar-refractivity contribution in [2.75, 3.05) is 0 Å². The highest BCUT2D eigenvalue weighted by molar-refractivity contribution is 7.95. The molecule has 1 fully saturated rings. The molecule has 6 heteroatoms. The van der Waals surface area contributed by atoms with Gasteiger partial charge in [-0.2, -0.15) is 0 Å². The Bertz CT molecular complexity index is 327. The van der Waals surface area contributed by atoms with Crippen molar-refractivity contribution in [3.8, 4) is 0 Å². The van der Waals surface area contributed by atoms with Gasteiger partial charge >= 0.3 is 0 Å². The first-order valence-corrected chi connectivity index (χ1v) is 6.21. The molecule has 1 saturated heterocycles. The van der Waals surface area contributed by atoms with Crippen molar-refractivity contribution in [3.05, 3.63) is 11.9 Å². The molecule has 5 nitrogen and oxygen atoms in total. The summed E-state index contributed by atoms with van der Waals surface area (Å²) in [6, 6.07) is -0.0699. The molecule has 0 spiro atoms. The second-order valence-electron chi connectivity index (χ2n) is 4.06. The van der Waals surface area contributed by atoms with E-state index in [0.29, 0.717) is 25.7 Å². The van der Waals surface area contributed by atoms with Gasteiger partial charge in [-0.3, -0.25) is 14.5 Å². The number of likely N-dealkylation sites (tertiary alicyclic amines) is 1. The third-order valence-corrected chi connectivity index (χ3v) is 3.35. The lowest BCUT2D eigenvalue weighted by molar-refractivity contribution is -0.150. The second kappa shape index (κ2) is 4.78. The number of nitrogens with zero attached hydrogens (tertiary/aromatic N) is 1. The summed E-state index contributed by atoms with van der Waals surface area (Å²) in [6.07, 6.45) is 4.22. The van der Waals surface area contributed by atoms with Crippen LogP contribution in [0.1, 0.15) is 32.6 Å². The summed E-state index contributed by atoms with van der Waals surface area (Å²) >= 11 is 1.39. The fourth-order valence-corrected chi connectivity index (χ4v) is 2.53. The Hall–Kier alpha value is -1.17. The van der Waals surface area contributed by atoms with Crippen LogP contribution in [0.2, 0.25) is 0 Å². The average molecular weight is 241 g/mol. The topological polar surface area (TPSA) is 61.4 Å². The molecular weight excluding hydrogens is 226 g/mol. The van der Waals surface area contributed by atoms with E-state index >= 15 is 0 Å². The second-order valence-corrected chi connectivity index (χ2v) is 4.70. The van der Waals surface area contributed by atoms with Crippen molar-refractivity contribution < 1.29 is 9.59 Å². The van der Waals surface area contributed by atoms with Crippen LogP contribution in [0.15, 0.2) is 11.9 Å². The highest BCUT2D eigenvalue weighted by atomic mass is 32.2. The van der Waals surface area contributed by atoms with Gasteiger partial charge < -0.3 is 9.44 Å². The molecule has 2 N–H and O–H groups in total. The molecule has 88 valence electrons. The molecule has 1 atom stereocenters. The van der Waals surface area contributed by atoms with Gasteiger partial charge in [0.2, 0.25) is 11.8 Å². The molecule has 2 heterocycles. The SMILES string of the molecule is CC(CC1=CNSN1)N1C(=O)CCCC1=O. The zero-order valence-electron chi connectivity index (χ0n) is 9.16. The number of hydrogen-bond acceptors (Lipinski definition) is 5. The maximum absolute atomic E-state index is 11.7. The third kappa shape index (κ3) is 2.32. The predicted molar refractivity (Wildman–Crippen MR) is 61.7 cm³/mol. The van der Waals surface area contributed by atoms with Crippen molar-refractivity contribution in [1.82, 2.24) is 14.3 Å². The van der Waals surface area contributed by atoms with Crippen molar-refractivity contribution in [1.29, 1.82) is 0 Å². The monoisotopic (exact) mass is 241 g/mol. The number of hydrogen-bond donors (Lipinski definition) is 2. The van der Waals surface area contributed by atoms with Gasteiger partial charge in [-0.05, 0) is 13.3 Å². The number of imide groups is 1. The molecule has 0 aromatic carbocycles. The smallest absolute Gasteiger partial charge is 0.229 e. The third-order valence-electron chi connectivity index (χ3n) is 2.75. The number of carbonyl (C=O) groups is 2. The maximum Gasteiger partial charge on any atom is 0.229 e. The van der Waals surface area contributed by atoms with E-state index in [4.69, 9.17) is 0 Å². The van der Waals surface area contributed by atoms with Crippen LogP contribution in [0.3, 0.4) is 0 Å². The van der Waals surface area contributed by atoms with Gasteiger partial charge in [0.1, 0.15) is 0 Å². The first kappa shape index (κ1) is 11.3. The van der Waals surface area contributed by atoms with Crippen molar-refractivity contribution in [2.24, 2.45) is 0 Å². The molecule has 0 bridgehead atoms. The van der Waals surface area contributed by atoms with Gasteiger partial charge in [0.15, 0.2) is 0 Å². The quantitative estimate of drug-likeness (QED) is 0.568. The molecule has 0 aromatic rings. The van der Waals surface area contributed by atoms with E-state index in [2.05, 4.69) is 9.44 Å². The summed E-state index contributed by atoms with van der Waals surface area (Å²) in [7, 11) is 0. The van der Waals surface area contributed by atoms with Crippen LogP contribution >= 0.6 is 12.1 Å². The molecule has 2 aliphatic heterocycles. The highest BCUT2D eigenvalue weighted by Gasteiger charge is 2.30. The van der Waals surface area contributed by atoms with Crippen LogP contribution in [0, 0.1) is 0 Å². The highest BCUT2D eigenvalue weighted by Crippen LogP contribution is 2.20. The molecule has 0 aliphatic carbocycles. The van der Waals surface area contributed by atoms with Crippen LogP contribution in [-0.2, 0) is 9.59 Å². The number of nitrogens with one attached hydrogen (secondary N) is 2. The average Bonchev–Trinajstić information content (AvgIpc) is 2.70. The number of carbonyl (C=O) groups excluding carboxylic acids is 2. The van der Waals surface area contributed by atoms with Gasteiger partial charge in [-0.25, -0.2) is 0 Å². The van der Waals surface area contributed by atoms with Crippen LogP contribution in [0.4, 0.5) is 0 Å². The molecule has 2 aliphatic rings. The van der Waals surface area contributed by atoms with E-state index < -0.39 is 0 Å². The summed E-state index contributed by atoms with van der Waals surface area (Å²) in [5, 5.41) is 0.